The average Bonchev–Trinajstić information content (AvgIpc) is 3.22. The number of methoxy groups -OCH3 is 2. The van der Waals surface area contributed by atoms with Crippen LogP contribution in [0.3, 0.4) is 0 Å². The van der Waals surface area contributed by atoms with E-state index in [-0.39, 0.29) is 18.4 Å². The molecule has 0 unspecified atom stereocenters. The molecule has 0 fully saturated rings. The van der Waals surface area contributed by atoms with Gasteiger partial charge in [0.05, 0.1) is 32.3 Å². The fraction of sp³-hybridized carbons (Fsp3) is 0.150. The van der Waals surface area contributed by atoms with Crippen molar-refractivity contribution in [3.05, 3.63) is 54.5 Å². The number of hydrogen-bond acceptors (Lipinski definition) is 8. The minimum Gasteiger partial charge on any atom is -0.497 e. The first kappa shape index (κ1) is 18.4. The Kier molecular flexibility index (Phi) is 5.02. The van der Waals surface area contributed by atoms with Crippen molar-refractivity contribution < 1.29 is 23.7 Å². The predicted molar refractivity (Wildman–Crippen MR) is 105 cm³/mol. The molecule has 0 radical (unpaired) electrons. The molecule has 9 heteroatoms. The lowest BCUT2D eigenvalue weighted by atomic mass is 10.2. The minimum atomic E-state index is -0.387. The van der Waals surface area contributed by atoms with Gasteiger partial charge in [-0.15, -0.1) is 0 Å². The van der Waals surface area contributed by atoms with Gasteiger partial charge in [-0.1, -0.05) is 0 Å². The molecule has 0 atom stereocenters. The summed E-state index contributed by atoms with van der Waals surface area (Å²) in [6.45, 7) is 0.171. The molecule has 148 valence electrons. The van der Waals surface area contributed by atoms with E-state index >= 15 is 0 Å². The highest BCUT2D eigenvalue weighted by Gasteiger charge is 2.15. The van der Waals surface area contributed by atoms with Gasteiger partial charge in [0.25, 0.3) is 5.91 Å². The van der Waals surface area contributed by atoms with Crippen molar-refractivity contribution in [2.75, 3.05) is 31.6 Å². The number of rotatable bonds is 6. The smallest absolute Gasteiger partial charge is 0.275 e. The molecule has 4 rings (SSSR count). The minimum absolute atomic E-state index is 0.171. The van der Waals surface area contributed by atoms with Crippen LogP contribution in [0.2, 0.25) is 0 Å². The van der Waals surface area contributed by atoms with E-state index in [1.54, 1.807) is 50.6 Å². The Morgan fingerprint density at radius 1 is 1.00 bits per heavy atom. The Morgan fingerprint density at radius 3 is 2.62 bits per heavy atom. The van der Waals surface area contributed by atoms with Gasteiger partial charge < -0.3 is 29.6 Å². The Bertz CT molecular complexity index is 1040. The average molecular weight is 394 g/mol. The van der Waals surface area contributed by atoms with E-state index in [0.29, 0.717) is 40.2 Å². The van der Waals surface area contributed by atoms with Crippen LogP contribution >= 0.6 is 0 Å². The normalized spacial score (nSPS) is 11.7. The molecule has 3 aromatic rings. The number of nitrogens with one attached hydrogen (secondary N) is 2. The second-order valence-corrected chi connectivity index (χ2v) is 6.00. The van der Waals surface area contributed by atoms with Gasteiger partial charge in [-0.25, -0.2) is 9.97 Å². The van der Waals surface area contributed by atoms with Crippen molar-refractivity contribution in [2.45, 2.75) is 0 Å². The number of carbonyl (C=O) groups is 1. The van der Waals surface area contributed by atoms with E-state index in [4.69, 9.17) is 18.9 Å². The first-order valence-corrected chi connectivity index (χ1v) is 8.68. The summed E-state index contributed by atoms with van der Waals surface area (Å²) in [5.41, 5.74) is 1.41. The third kappa shape index (κ3) is 3.98. The first-order chi connectivity index (χ1) is 14.2. The molecule has 0 spiro atoms. The molecule has 0 saturated carbocycles. The van der Waals surface area contributed by atoms with Crippen molar-refractivity contribution in [1.29, 1.82) is 0 Å². The first-order valence-electron chi connectivity index (χ1n) is 8.68. The number of amides is 1. The highest BCUT2D eigenvalue weighted by molar-refractivity contribution is 6.02. The molecule has 9 nitrogen and oxygen atoms in total. The maximum Gasteiger partial charge on any atom is 0.275 e. The quantitative estimate of drug-likeness (QED) is 0.657. The van der Waals surface area contributed by atoms with Crippen molar-refractivity contribution in [3.63, 3.8) is 0 Å². The number of nitrogens with zero attached hydrogens (tertiary/aromatic N) is 2. The number of aromatic nitrogens is 2. The highest BCUT2D eigenvalue weighted by Crippen LogP contribution is 2.34. The summed E-state index contributed by atoms with van der Waals surface area (Å²) in [5.74, 6) is 2.59. The Labute approximate surface area is 166 Å². The van der Waals surface area contributed by atoms with Gasteiger partial charge in [0, 0.05) is 17.8 Å². The van der Waals surface area contributed by atoms with Gasteiger partial charge in [-0.2, -0.15) is 0 Å². The fourth-order valence-corrected chi connectivity index (χ4v) is 2.73. The maximum absolute atomic E-state index is 12.4. The molecule has 1 aliphatic rings. The van der Waals surface area contributed by atoms with E-state index in [1.807, 2.05) is 0 Å². The van der Waals surface area contributed by atoms with E-state index in [9.17, 15) is 4.79 Å². The van der Waals surface area contributed by atoms with Crippen LogP contribution in [0.4, 0.5) is 17.2 Å². The largest absolute Gasteiger partial charge is 0.497 e. The summed E-state index contributed by atoms with van der Waals surface area (Å²) >= 11 is 0. The van der Waals surface area contributed by atoms with Crippen molar-refractivity contribution in [1.82, 2.24) is 9.97 Å². The summed E-state index contributed by atoms with van der Waals surface area (Å²) < 4.78 is 21.1. The van der Waals surface area contributed by atoms with Gasteiger partial charge in [-0.05, 0) is 24.3 Å². The molecule has 1 amide bonds. The Morgan fingerprint density at radius 2 is 1.86 bits per heavy atom. The predicted octanol–water partition coefficient (Wildman–Crippen LogP) is 3.22. The molecular weight excluding hydrogens is 376 g/mol. The zero-order chi connectivity index (χ0) is 20.2. The summed E-state index contributed by atoms with van der Waals surface area (Å²) in [6.07, 6.45) is 2.85. The molecule has 0 aliphatic carbocycles. The molecule has 2 aromatic carbocycles. The molecule has 2 heterocycles. The summed E-state index contributed by atoms with van der Waals surface area (Å²) in [7, 11) is 3.15. The second kappa shape index (κ2) is 7.93. The van der Waals surface area contributed by atoms with Gasteiger partial charge in [0.15, 0.2) is 11.5 Å². The van der Waals surface area contributed by atoms with Gasteiger partial charge in [0.1, 0.15) is 23.0 Å². The number of benzene rings is 2. The summed E-state index contributed by atoms with van der Waals surface area (Å²) in [6, 6.07) is 10.5. The number of hydrogen-bond donors (Lipinski definition) is 2. The van der Waals surface area contributed by atoms with Crippen LogP contribution < -0.4 is 29.6 Å². The van der Waals surface area contributed by atoms with Crippen LogP contribution in [-0.4, -0.2) is 36.9 Å². The molecule has 0 bridgehead atoms. The van der Waals surface area contributed by atoms with Gasteiger partial charge in [-0.3, -0.25) is 4.79 Å². The zero-order valence-corrected chi connectivity index (χ0v) is 15.8. The highest BCUT2D eigenvalue weighted by atomic mass is 16.7. The molecule has 2 N–H and O–H groups in total. The molecule has 0 saturated heterocycles. The third-order valence-electron chi connectivity index (χ3n) is 4.18. The molecule has 1 aliphatic heterocycles. The molecule has 29 heavy (non-hydrogen) atoms. The summed E-state index contributed by atoms with van der Waals surface area (Å²) in [4.78, 5) is 20.9. The Hall–Kier alpha value is -4.01. The van der Waals surface area contributed by atoms with E-state index in [1.165, 1.54) is 12.4 Å². The van der Waals surface area contributed by atoms with Crippen molar-refractivity contribution >= 4 is 23.1 Å². The fourth-order valence-electron chi connectivity index (χ4n) is 2.73. The maximum atomic E-state index is 12.4. The SMILES string of the molecule is COc1ccc(OC)c(Nc2cnc(C(=O)Nc3ccc4c(c3)OCO4)cn2)c1. The molecule has 1 aromatic heterocycles. The second-order valence-electron chi connectivity index (χ2n) is 6.00. The topological polar surface area (TPSA) is 104 Å². The number of anilines is 3. The van der Waals surface area contributed by atoms with E-state index < -0.39 is 0 Å². The van der Waals surface area contributed by atoms with Crippen LogP contribution in [0.5, 0.6) is 23.0 Å². The number of carbonyl (C=O) groups excluding carboxylic acids is 1. The lowest BCUT2D eigenvalue weighted by Crippen LogP contribution is -2.14. The summed E-state index contributed by atoms with van der Waals surface area (Å²) in [5, 5.41) is 5.86. The standard InChI is InChI=1S/C20H18N4O5/c1-26-13-4-6-16(27-2)14(8-13)24-19-10-21-15(9-22-19)20(25)23-12-3-5-17-18(7-12)29-11-28-17/h3-10H,11H2,1-2H3,(H,22,24)(H,23,25). The van der Waals surface area contributed by atoms with Crippen LogP contribution in [0.1, 0.15) is 10.5 Å². The van der Waals surface area contributed by atoms with Crippen LogP contribution in [0.15, 0.2) is 48.8 Å². The monoisotopic (exact) mass is 394 g/mol. The van der Waals surface area contributed by atoms with Crippen molar-refractivity contribution in [2.24, 2.45) is 0 Å². The van der Waals surface area contributed by atoms with Crippen LogP contribution in [-0.2, 0) is 0 Å². The molecular formula is C20H18N4O5. The Balaban J connectivity index is 1.46. The number of ether oxygens (including phenoxy) is 4. The lowest BCUT2D eigenvalue weighted by Gasteiger charge is -2.12. The number of fused-ring (bicyclic) bond motifs is 1. The van der Waals surface area contributed by atoms with E-state index in [0.717, 1.165) is 0 Å². The lowest BCUT2D eigenvalue weighted by molar-refractivity contribution is 0.102. The van der Waals surface area contributed by atoms with Crippen LogP contribution in [0, 0.1) is 0 Å². The van der Waals surface area contributed by atoms with Crippen LogP contribution in [0.25, 0.3) is 0 Å². The zero-order valence-electron chi connectivity index (χ0n) is 15.8. The third-order valence-corrected chi connectivity index (χ3v) is 4.18. The van der Waals surface area contributed by atoms with Gasteiger partial charge in [0.2, 0.25) is 6.79 Å². The van der Waals surface area contributed by atoms with Crippen molar-refractivity contribution in [3.8, 4) is 23.0 Å². The van der Waals surface area contributed by atoms with E-state index in [2.05, 4.69) is 20.6 Å². The van der Waals surface area contributed by atoms with Gasteiger partial charge >= 0.3 is 0 Å².